The first-order valence-electron chi connectivity index (χ1n) is 9.59. The Hall–Kier alpha value is -2.25. The first kappa shape index (κ1) is 15.8. The number of aryl methyl sites for hydroxylation is 1. The van der Waals surface area contributed by atoms with Crippen molar-refractivity contribution in [3.8, 4) is 11.6 Å². The minimum atomic E-state index is 0.391. The molecule has 1 aliphatic carbocycles. The van der Waals surface area contributed by atoms with Crippen molar-refractivity contribution in [2.75, 3.05) is 13.1 Å². The van der Waals surface area contributed by atoms with E-state index in [9.17, 15) is 0 Å². The third-order valence-corrected chi connectivity index (χ3v) is 6.91. The van der Waals surface area contributed by atoms with Crippen molar-refractivity contribution in [3.05, 3.63) is 36.4 Å². The predicted molar refractivity (Wildman–Crippen MR) is 108 cm³/mol. The van der Waals surface area contributed by atoms with E-state index in [4.69, 9.17) is 9.40 Å². The second-order valence-electron chi connectivity index (χ2n) is 7.58. The van der Waals surface area contributed by atoms with Crippen molar-refractivity contribution in [2.45, 2.75) is 37.5 Å². The average molecular weight is 379 g/mol. The normalized spacial score (nSPS) is 21.0. The zero-order valence-corrected chi connectivity index (χ0v) is 16.0. The molecule has 0 aromatic carbocycles. The molecule has 2 fully saturated rings. The van der Waals surface area contributed by atoms with Crippen LogP contribution in [0.3, 0.4) is 0 Å². The number of hydrogen-bond donors (Lipinski definition) is 1. The molecular weight excluding hydrogens is 358 g/mol. The highest BCUT2D eigenvalue weighted by atomic mass is 32.2. The van der Waals surface area contributed by atoms with Crippen LogP contribution in [-0.4, -0.2) is 42.2 Å². The van der Waals surface area contributed by atoms with Gasteiger partial charge in [-0.25, -0.2) is 14.3 Å². The number of nitrogens with zero attached hydrogens (tertiary/aromatic N) is 4. The molecule has 27 heavy (non-hydrogen) atoms. The summed E-state index contributed by atoms with van der Waals surface area (Å²) in [5.74, 6) is 2.66. The van der Waals surface area contributed by atoms with E-state index in [2.05, 4.69) is 24.9 Å². The highest BCUT2D eigenvalue weighted by Crippen LogP contribution is 2.42. The fourth-order valence-electron chi connectivity index (χ4n) is 4.08. The Morgan fingerprint density at radius 1 is 1.22 bits per heavy atom. The maximum atomic E-state index is 5.96. The Morgan fingerprint density at radius 3 is 2.96 bits per heavy atom. The topological polar surface area (TPSA) is 62.9 Å². The molecule has 4 aromatic heterocycles. The van der Waals surface area contributed by atoms with Gasteiger partial charge < -0.3 is 14.0 Å². The van der Waals surface area contributed by atoms with Crippen LogP contribution in [0.15, 0.2) is 35.0 Å². The lowest BCUT2D eigenvalue weighted by atomic mass is 10.2. The van der Waals surface area contributed by atoms with Gasteiger partial charge in [0, 0.05) is 29.9 Å². The number of aromatic nitrogens is 4. The molecule has 1 saturated carbocycles. The largest absolute Gasteiger partial charge is 0.458 e. The minimum Gasteiger partial charge on any atom is -0.458 e. The van der Waals surface area contributed by atoms with E-state index >= 15 is 0 Å². The van der Waals surface area contributed by atoms with Crippen molar-refractivity contribution in [1.29, 1.82) is 0 Å². The number of aromatic amines is 1. The number of nitrogens with one attached hydrogen (secondary N) is 1. The van der Waals surface area contributed by atoms with Crippen LogP contribution in [0.25, 0.3) is 33.7 Å². The lowest BCUT2D eigenvalue weighted by Gasteiger charge is -2.18. The van der Waals surface area contributed by atoms with E-state index < -0.39 is 0 Å². The molecule has 1 aliphatic heterocycles. The summed E-state index contributed by atoms with van der Waals surface area (Å²) in [6.07, 6.45) is 7.69. The molecule has 138 valence electrons. The van der Waals surface area contributed by atoms with Gasteiger partial charge in [0.2, 0.25) is 0 Å². The van der Waals surface area contributed by atoms with Crippen LogP contribution in [0.4, 0.5) is 0 Å². The minimum absolute atomic E-state index is 0.391. The fourth-order valence-corrected chi connectivity index (χ4v) is 5.32. The van der Waals surface area contributed by atoms with E-state index in [1.165, 1.54) is 12.8 Å². The molecule has 6 nitrogen and oxygen atoms in total. The molecule has 1 saturated heterocycles. The van der Waals surface area contributed by atoms with Gasteiger partial charge in [-0.05, 0) is 44.4 Å². The lowest BCUT2D eigenvalue weighted by Crippen LogP contribution is -2.16. The highest BCUT2D eigenvalue weighted by molar-refractivity contribution is 7.97. The second-order valence-corrected chi connectivity index (χ2v) is 8.98. The number of pyridine rings is 1. The monoisotopic (exact) mass is 379 g/mol. The van der Waals surface area contributed by atoms with Crippen LogP contribution in [0.1, 0.15) is 31.1 Å². The maximum Gasteiger partial charge on any atom is 0.177 e. The third-order valence-electron chi connectivity index (χ3n) is 5.51. The Morgan fingerprint density at radius 2 is 2.15 bits per heavy atom. The van der Waals surface area contributed by atoms with Gasteiger partial charge >= 0.3 is 0 Å². The standard InChI is InChI=1S/C20H21N5OS/c1-12-2-5-17(26-12)20-23-16-10-22-19-15(6-8-21-19)18(16)25(20)13-7-9-24(11-13)27-14-3-4-14/h2,5-6,8,10,13-14H,3-4,7,9,11H2,1H3,(H,21,22). The van der Waals surface area contributed by atoms with E-state index in [1.807, 2.05) is 43.4 Å². The molecular formula is C20H21N5OS. The molecule has 0 bridgehead atoms. The summed E-state index contributed by atoms with van der Waals surface area (Å²) >= 11 is 2.05. The molecule has 0 spiro atoms. The molecule has 2 aliphatic rings. The van der Waals surface area contributed by atoms with Crippen molar-refractivity contribution in [3.63, 3.8) is 0 Å². The van der Waals surface area contributed by atoms with Gasteiger partial charge in [0.15, 0.2) is 11.6 Å². The number of imidazole rings is 1. The number of furan rings is 1. The Labute approximate surface area is 161 Å². The van der Waals surface area contributed by atoms with Crippen molar-refractivity contribution >= 4 is 34.0 Å². The molecule has 7 heteroatoms. The molecule has 0 amide bonds. The zero-order valence-electron chi connectivity index (χ0n) is 15.2. The Kier molecular flexibility index (Phi) is 3.43. The second kappa shape index (κ2) is 5.87. The van der Waals surface area contributed by atoms with Gasteiger partial charge in [-0.1, -0.05) is 11.9 Å². The zero-order chi connectivity index (χ0) is 18.0. The summed E-state index contributed by atoms with van der Waals surface area (Å²) < 4.78 is 10.9. The number of fused-ring (bicyclic) bond motifs is 3. The molecule has 4 aromatic rings. The number of hydrogen-bond acceptors (Lipinski definition) is 5. The third kappa shape index (κ3) is 2.60. The van der Waals surface area contributed by atoms with Crippen molar-refractivity contribution in [1.82, 2.24) is 23.8 Å². The van der Waals surface area contributed by atoms with Gasteiger partial charge in [0.1, 0.15) is 16.9 Å². The number of H-pyrrole nitrogens is 1. The first-order chi connectivity index (χ1) is 13.3. The van der Waals surface area contributed by atoms with Crippen molar-refractivity contribution in [2.24, 2.45) is 0 Å². The van der Waals surface area contributed by atoms with Crippen LogP contribution in [0, 0.1) is 6.92 Å². The quantitative estimate of drug-likeness (QED) is 0.528. The van der Waals surface area contributed by atoms with Crippen LogP contribution in [-0.2, 0) is 0 Å². The number of rotatable bonds is 4. The highest BCUT2D eigenvalue weighted by Gasteiger charge is 2.33. The van der Waals surface area contributed by atoms with E-state index in [0.717, 1.165) is 64.2 Å². The van der Waals surface area contributed by atoms with Crippen LogP contribution in [0.5, 0.6) is 0 Å². The van der Waals surface area contributed by atoms with E-state index in [-0.39, 0.29) is 0 Å². The van der Waals surface area contributed by atoms with Crippen LogP contribution >= 0.6 is 11.9 Å². The van der Waals surface area contributed by atoms with Gasteiger partial charge in [-0.15, -0.1) is 0 Å². The van der Waals surface area contributed by atoms with Crippen molar-refractivity contribution < 1.29 is 4.42 Å². The summed E-state index contributed by atoms with van der Waals surface area (Å²) in [6, 6.07) is 6.53. The molecule has 6 rings (SSSR count). The van der Waals surface area contributed by atoms with Gasteiger partial charge in [-0.3, -0.25) is 0 Å². The molecule has 0 radical (unpaired) electrons. The van der Waals surface area contributed by atoms with Crippen LogP contribution < -0.4 is 0 Å². The average Bonchev–Trinajstić information content (AvgIpc) is 3.07. The smallest absolute Gasteiger partial charge is 0.177 e. The van der Waals surface area contributed by atoms with E-state index in [0.29, 0.717) is 6.04 Å². The Balaban J connectivity index is 1.52. The predicted octanol–water partition coefficient (Wildman–Crippen LogP) is 4.54. The van der Waals surface area contributed by atoms with E-state index in [1.54, 1.807) is 0 Å². The Bertz CT molecular complexity index is 1140. The molecule has 5 heterocycles. The summed E-state index contributed by atoms with van der Waals surface area (Å²) in [6.45, 7) is 4.16. The summed E-state index contributed by atoms with van der Waals surface area (Å²) in [7, 11) is 0. The summed E-state index contributed by atoms with van der Waals surface area (Å²) in [5, 5.41) is 1.97. The SMILES string of the molecule is Cc1ccc(-c2nc3cnc4[nH]ccc4c3n2C2CCN(SC3CC3)C2)o1. The lowest BCUT2D eigenvalue weighted by molar-refractivity contribution is 0.501. The molecule has 1 atom stereocenters. The van der Waals surface area contributed by atoms with Gasteiger partial charge in [0.25, 0.3) is 0 Å². The van der Waals surface area contributed by atoms with Gasteiger partial charge in [0.05, 0.1) is 17.8 Å². The molecule has 1 unspecified atom stereocenters. The first-order valence-corrected chi connectivity index (χ1v) is 10.4. The fraction of sp³-hybridized carbons (Fsp3) is 0.400. The summed E-state index contributed by atoms with van der Waals surface area (Å²) in [4.78, 5) is 12.7. The van der Waals surface area contributed by atoms with Gasteiger partial charge in [-0.2, -0.15) is 0 Å². The summed E-state index contributed by atoms with van der Waals surface area (Å²) in [5.41, 5.74) is 3.00. The van der Waals surface area contributed by atoms with Crippen LogP contribution in [0.2, 0.25) is 0 Å². The molecule has 1 N–H and O–H groups in total. The maximum absolute atomic E-state index is 5.96.